The first-order chi connectivity index (χ1) is 11.8. The Labute approximate surface area is 152 Å². The van der Waals surface area contributed by atoms with Crippen molar-refractivity contribution in [1.29, 1.82) is 0 Å². The van der Waals surface area contributed by atoms with E-state index in [0.717, 1.165) is 0 Å². The van der Waals surface area contributed by atoms with Gasteiger partial charge in [0.15, 0.2) is 0 Å². The van der Waals surface area contributed by atoms with Crippen molar-refractivity contribution in [1.82, 2.24) is 5.32 Å². The molecule has 0 aliphatic heterocycles. The fourth-order valence-corrected chi connectivity index (χ4v) is 1.92. The number of carbonyl (C=O) groups is 3. The maximum atomic E-state index is 11.9. The van der Waals surface area contributed by atoms with Crippen molar-refractivity contribution in [3.63, 3.8) is 0 Å². The topological polar surface area (TPSA) is 95.5 Å². The van der Waals surface area contributed by atoms with Crippen molar-refractivity contribution in [2.75, 3.05) is 12.4 Å². The van der Waals surface area contributed by atoms with Gasteiger partial charge in [-0.1, -0.05) is 41.5 Å². The summed E-state index contributed by atoms with van der Waals surface area (Å²) in [4.78, 5) is 34.2. The molecule has 6 nitrogen and oxygen atoms in total. The molecule has 25 heavy (non-hydrogen) atoms. The SMILES string of the molecule is CC.CC.CC.CNC(=O)c1c(C)c(NC(C)=O)cc(C(=O)O)c1C. The second kappa shape index (κ2) is 15.2. The van der Waals surface area contributed by atoms with E-state index in [4.69, 9.17) is 5.11 Å². The van der Waals surface area contributed by atoms with Crippen LogP contribution in [0.3, 0.4) is 0 Å². The molecule has 0 spiro atoms. The molecule has 1 aromatic rings. The second-order valence-corrected chi connectivity index (χ2v) is 4.16. The molecule has 0 radical (unpaired) electrons. The predicted molar refractivity (Wildman–Crippen MR) is 105 cm³/mol. The molecule has 0 aliphatic carbocycles. The number of carboxylic acids is 1. The Balaban J connectivity index is -0.000000725. The van der Waals surface area contributed by atoms with Gasteiger partial charge in [0.1, 0.15) is 0 Å². The fourth-order valence-electron chi connectivity index (χ4n) is 1.92. The molecule has 0 saturated heterocycles. The van der Waals surface area contributed by atoms with Crippen LogP contribution < -0.4 is 10.6 Å². The Bertz CT molecular complexity index is 567. The molecule has 0 aromatic heterocycles. The van der Waals surface area contributed by atoms with Crippen molar-refractivity contribution < 1.29 is 19.5 Å². The molecule has 0 fully saturated rings. The summed E-state index contributed by atoms with van der Waals surface area (Å²) in [5.41, 5.74) is 1.50. The summed E-state index contributed by atoms with van der Waals surface area (Å²) in [5, 5.41) is 14.1. The number of hydrogen-bond donors (Lipinski definition) is 3. The number of carbonyl (C=O) groups excluding carboxylic acids is 2. The van der Waals surface area contributed by atoms with Gasteiger partial charge in [0, 0.05) is 25.2 Å². The number of rotatable bonds is 3. The molecule has 6 heteroatoms. The van der Waals surface area contributed by atoms with E-state index < -0.39 is 5.97 Å². The third-order valence-electron chi connectivity index (χ3n) is 2.84. The quantitative estimate of drug-likeness (QED) is 0.749. The molecule has 0 unspecified atom stereocenters. The Kier molecular flexibility index (Phi) is 16.7. The molecule has 2 amide bonds. The van der Waals surface area contributed by atoms with E-state index in [1.54, 1.807) is 13.8 Å². The molecule has 1 aromatic carbocycles. The van der Waals surface area contributed by atoms with Crippen molar-refractivity contribution in [3.05, 3.63) is 28.3 Å². The number of hydrogen-bond acceptors (Lipinski definition) is 3. The van der Waals surface area contributed by atoms with Crippen molar-refractivity contribution in [2.45, 2.75) is 62.3 Å². The Morgan fingerprint density at radius 3 is 1.68 bits per heavy atom. The molecular weight excluding hydrogens is 320 g/mol. The van der Waals surface area contributed by atoms with E-state index in [9.17, 15) is 14.4 Å². The maximum absolute atomic E-state index is 11.9. The molecule has 0 bridgehead atoms. The molecule has 0 aliphatic rings. The summed E-state index contributed by atoms with van der Waals surface area (Å²) >= 11 is 0. The first kappa shape index (κ1) is 27.5. The van der Waals surface area contributed by atoms with Gasteiger partial charge >= 0.3 is 5.97 Å². The first-order valence-corrected chi connectivity index (χ1v) is 8.66. The zero-order valence-corrected chi connectivity index (χ0v) is 17.2. The van der Waals surface area contributed by atoms with Gasteiger partial charge in [-0.15, -0.1) is 0 Å². The minimum atomic E-state index is -1.14. The van der Waals surface area contributed by atoms with Gasteiger partial charge in [0.2, 0.25) is 5.91 Å². The maximum Gasteiger partial charge on any atom is 0.336 e. The molecular formula is C19H34N2O4. The predicted octanol–water partition coefficient (Wildman–Crippen LogP) is 4.40. The Morgan fingerprint density at radius 1 is 0.920 bits per heavy atom. The summed E-state index contributed by atoms with van der Waals surface area (Å²) in [6.45, 7) is 16.5. The van der Waals surface area contributed by atoms with Crippen LogP contribution in [0.4, 0.5) is 5.69 Å². The minimum Gasteiger partial charge on any atom is -0.478 e. The second-order valence-electron chi connectivity index (χ2n) is 4.16. The highest BCUT2D eigenvalue weighted by Crippen LogP contribution is 2.26. The summed E-state index contributed by atoms with van der Waals surface area (Å²) in [6.07, 6.45) is 0. The van der Waals surface area contributed by atoms with Crippen LogP contribution in [-0.4, -0.2) is 29.9 Å². The van der Waals surface area contributed by atoms with Crippen molar-refractivity contribution >= 4 is 23.5 Å². The zero-order chi connectivity index (χ0) is 20.7. The number of nitrogens with one attached hydrogen (secondary N) is 2. The van der Waals surface area contributed by atoms with Crippen molar-refractivity contribution in [3.8, 4) is 0 Å². The molecule has 144 valence electrons. The number of amides is 2. The molecule has 0 saturated carbocycles. The molecule has 0 atom stereocenters. The highest BCUT2D eigenvalue weighted by atomic mass is 16.4. The lowest BCUT2D eigenvalue weighted by atomic mass is 9.95. The normalized spacial score (nSPS) is 8.24. The van der Waals surface area contributed by atoms with Crippen LogP contribution in [0.2, 0.25) is 0 Å². The van der Waals surface area contributed by atoms with Gasteiger partial charge in [0.05, 0.1) is 5.56 Å². The van der Waals surface area contributed by atoms with Crippen LogP contribution in [0.1, 0.15) is 80.3 Å². The first-order valence-electron chi connectivity index (χ1n) is 8.66. The monoisotopic (exact) mass is 354 g/mol. The standard InChI is InChI=1S/C13H16N2O4.3C2H6/c1-6-9(13(18)19)5-10(15-8(3)16)7(2)11(6)12(17)14-4;3*1-2/h5H,1-4H3,(H,14,17)(H,15,16)(H,18,19);3*1-2H3. The summed E-state index contributed by atoms with van der Waals surface area (Å²) in [5.74, 6) is -1.86. The summed E-state index contributed by atoms with van der Waals surface area (Å²) in [7, 11) is 1.47. The molecule has 1 rings (SSSR count). The van der Waals surface area contributed by atoms with E-state index in [-0.39, 0.29) is 22.9 Å². The van der Waals surface area contributed by atoms with Gasteiger partial charge in [-0.2, -0.15) is 0 Å². The number of benzene rings is 1. The summed E-state index contributed by atoms with van der Waals surface area (Å²) < 4.78 is 0. The van der Waals surface area contributed by atoms with Crippen LogP contribution in [0.25, 0.3) is 0 Å². The lowest BCUT2D eigenvalue weighted by molar-refractivity contribution is -0.114. The highest BCUT2D eigenvalue weighted by molar-refractivity contribution is 6.04. The van der Waals surface area contributed by atoms with Crippen LogP contribution in [0.15, 0.2) is 6.07 Å². The van der Waals surface area contributed by atoms with Gasteiger partial charge in [-0.3, -0.25) is 9.59 Å². The minimum absolute atomic E-state index is 0.00653. The van der Waals surface area contributed by atoms with Crippen LogP contribution >= 0.6 is 0 Å². The lowest BCUT2D eigenvalue weighted by Gasteiger charge is -2.16. The molecule has 0 heterocycles. The smallest absolute Gasteiger partial charge is 0.336 e. The third-order valence-corrected chi connectivity index (χ3v) is 2.84. The van der Waals surface area contributed by atoms with Crippen LogP contribution in [0, 0.1) is 13.8 Å². The van der Waals surface area contributed by atoms with E-state index in [1.165, 1.54) is 20.0 Å². The molecule has 3 N–H and O–H groups in total. The van der Waals surface area contributed by atoms with Crippen LogP contribution in [-0.2, 0) is 4.79 Å². The van der Waals surface area contributed by atoms with Crippen LogP contribution in [0.5, 0.6) is 0 Å². The van der Waals surface area contributed by atoms with Gasteiger partial charge < -0.3 is 15.7 Å². The zero-order valence-electron chi connectivity index (χ0n) is 17.2. The third kappa shape index (κ3) is 8.33. The largest absolute Gasteiger partial charge is 0.478 e. The van der Waals surface area contributed by atoms with Gasteiger partial charge in [-0.25, -0.2) is 4.79 Å². The number of carboxylic acid groups (broad SMARTS) is 1. The fraction of sp³-hybridized carbons (Fsp3) is 0.526. The lowest BCUT2D eigenvalue weighted by Crippen LogP contribution is -2.23. The summed E-state index contributed by atoms with van der Waals surface area (Å²) in [6, 6.07) is 1.36. The van der Waals surface area contributed by atoms with E-state index >= 15 is 0 Å². The van der Waals surface area contributed by atoms with Crippen molar-refractivity contribution in [2.24, 2.45) is 0 Å². The van der Waals surface area contributed by atoms with Gasteiger partial charge in [-0.05, 0) is 31.0 Å². The highest BCUT2D eigenvalue weighted by Gasteiger charge is 2.21. The van der Waals surface area contributed by atoms with E-state index in [0.29, 0.717) is 16.8 Å². The number of aromatic carboxylic acids is 1. The average molecular weight is 354 g/mol. The Hall–Kier alpha value is -2.37. The van der Waals surface area contributed by atoms with E-state index in [2.05, 4.69) is 10.6 Å². The number of anilines is 1. The van der Waals surface area contributed by atoms with E-state index in [1.807, 2.05) is 41.5 Å². The average Bonchev–Trinajstić information content (AvgIpc) is 2.61. The Morgan fingerprint density at radius 2 is 1.36 bits per heavy atom. The van der Waals surface area contributed by atoms with Gasteiger partial charge in [0.25, 0.3) is 5.91 Å².